The first-order chi connectivity index (χ1) is 12.5. The molecule has 0 saturated heterocycles. The Bertz CT molecular complexity index is 769. The molecule has 0 bridgehead atoms. The molecule has 148 valence electrons. The number of rotatable bonds is 4. The topological polar surface area (TPSA) is 92.8 Å². The van der Waals surface area contributed by atoms with Crippen molar-refractivity contribution in [3.05, 3.63) is 17.4 Å². The number of nitrogens with one attached hydrogen (secondary N) is 1. The number of halogens is 3. The lowest BCUT2D eigenvalue weighted by Crippen LogP contribution is -2.42. The van der Waals surface area contributed by atoms with E-state index in [0.29, 0.717) is 18.8 Å². The van der Waals surface area contributed by atoms with E-state index in [4.69, 9.17) is 4.74 Å². The minimum atomic E-state index is -4.95. The van der Waals surface area contributed by atoms with Crippen molar-refractivity contribution in [3.8, 4) is 6.07 Å². The molecule has 1 aromatic heterocycles. The average molecular weight is 385 g/mol. The highest BCUT2D eigenvalue weighted by Gasteiger charge is 2.41. The van der Waals surface area contributed by atoms with Crippen LogP contribution in [0.4, 0.5) is 13.2 Å². The highest BCUT2D eigenvalue weighted by atomic mass is 19.4. The molecule has 0 spiro atoms. The summed E-state index contributed by atoms with van der Waals surface area (Å²) in [6.07, 6.45) is -1.83. The second kappa shape index (κ2) is 7.98. The summed E-state index contributed by atoms with van der Waals surface area (Å²) in [6, 6.07) is 1.53. The van der Waals surface area contributed by atoms with Crippen LogP contribution in [-0.2, 0) is 22.5 Å². The Labute approximate surface area is 155 Å². The lowest BCUT2D eigenvalue weighted by molar-refractivity contribution is -0.140. The number of nitriles is 1. The van der Waals surface area contributed by atoms with Crippen LogP contribution in [-0.4, -0.2) is 39.0 Å². The van der Waals surface area contributed by atoms with E-state index in [-0.39, 0.29) is 5.82 Å². The minimum Gasteiger partial charge on any atom is -0.478 e. The van der Waals surface area contributed by atoms with Crippen LogP contribution in [0, 0.1) is 11.3 Å². The Balaban J connectivity index is 2.37. The predicted molar refractivity (Wildman–Crippen MR) is 90.0 cm³/mol. The zero-order valence-corrected chi connectivity index (χ0v) is 15.5. The standard InChI is InChI=1S/C17H22F3N5O2/c1-16(2,3)22-13(26)10-27-14(17(18,19)20)11(9-21)15-24-23-12-7-5-4-6-8-25(12)15/h4-8,10H2,1-3H3,(H,22,26)/b14-11+. The summed E-state index contributed by atoms with van der Waals surface area (Å²) in [5, 5.41) is 19.6. The van der Waals surface area contributed by atoms with E-state index in [2.05, 4.69) is 15.5 Å². The normalized spacial score (nSPS) is 15.9. The van der Waals surface area contributed by atoms with Gasteiger partial charge in [0, 0.05) is 18.5 Å². The van der Waals surface area contributed by atoms with E-state index in [0.717, 1.165) is 19.3 Å². The highest BCUT2D eigenvalue weighted by Crippen LogP contribution is 2.33. The molecule has 7 nitrogen and oxygen atoms in total. The highest BCUT2D eigenvalue weighted by molar-refractivity contribution is 5.79. The van der Waals surface area contributed by atoms with Crippen molar-refractivity contribution in [3.63, 3.8) is 0 Å². The first-order valence-corrected chi connectivity index (χ1v) is 8.61. The Morgan fingerprint density at radius 1 is 1.26 bits per heavy atom. The molecular formula is C17H22F3N5O2. The molecule has 27 heavy (non-hydrogen) atoms. The second-order valence-corrected chi connectivity index (χ2v) is 7.30. The molecule has 1 aliphatic rings. The van der Waals surface area contributed by atoms with Gasteiger partial charge in [-0.15, -0.1) is 10.2 Å². The third kappa shape index (κ3) is 5.45. The van der Waals surface area contributed by atoms with E-state index in [9.17, 15) is 23.2 Å². The zero-order chi connectivity index (χ0) is 20.2. The van der Waals surface area contributed by atoms with Crippen molar-refractivity contribution in [2.45, 2.75) is 64.7 Å². The fourth-order valence-electron chi connectivity index (χ4n) is 2.76. The van der Waals surface area contributed by atoms with Gasteiger partial charge < -0.3 is 14.6 Å². The first kappa shape index (κ1) is 20.7. The van der Waals surface area contributed by atoms with E-state index >= 15 is 0 Å². The number of hydrogen-bond donors (Lipinski definition) is 1. The molecule has 2 rings (SSSR count). The molecule has 0 aliphatic carbocycles. The number of carbonyl (C=O) groups excluding carboxylic acids is 1. The number of ether oxygens (including phenoxy) is 1. The number of allylic oxidation sites excluding steroid dienone is 2. The smallest absolute Gasteiger partial charge is 0.450 e. The number of aromatic nitrogens is 3. The zero-order valence-electron chi connectivity index (χ0n) is 15.5. The van der Waals surface area contributed by atoms with Gasteiger partial charge in [-0.1, -0.05) is 6.42 Å². The lowest BCUT2D eigenvalue weighted by atomic mass is 10.1. The van der Waals surface area contributed by atoms with Gasteiger partial charge in [-0.3, -0.25) is 4.79 Å². The SMILES string of the molecule is CC(C)(C)NC(=O)CO/C(=C(\C#N)c1nnc2n1CCCCC2)C(F)(F)F. The monoisotopic (exact) mass is 385 g/mol. The van der Waals surface area contributed by atoms with Gasteiger partial charge in [-0.25, -0.2) is 0 Å². The van der Waals surface area contributed by atoms with Crippen molar-refractivity contribution in [2.24, 2.45) is 0 Å². The molecule has 10 heteroatoms. The quantitative estimate of drug-likeness (QED) is 0.635. The van der Waals surface area contributed by atoms with Crippen molar-refractivity contribution >= 4 is 11.5 Å². The molecule has 0 radical (unpaired) electrons. The summed E-state index contributed by atoms with van der Waals surface area (Å²) in [5.74, 6) is -1.89. The van der Waals surface area contributed by atoms with Gasteiger partial charge >= 0.3 is 6.18 Å². The fraction of sp³-hybridized carbons (Fsp3) is 0.647. The molecule has 0 saturated carbocycles. The van der Waals surface area contributed by atoms with Crippen molar-refractivity contribution in [2.75, 3.05) is 6.61 Å². The predicted octanol–water partition coefficient (Wildman–Crippen LogP) is 2.73. The Kier molecular flexibility index (Phi) is 6.13. The Morgan fingerprint density at radius 3 is 2.56 bits per heavy atom. The van der Waals surface area contributed by atoms with Gasteiger partial charge in [-0.2, -0.15) is 18.4 Å². The van der Waals surface area contributed by atoms with Crippen LogP contribution in [0.15, 0.2) is 5.76 Å². The van der Waals surface area contributed by atoms with E-state index < -0.39 is 35.6 Å². The number of aryl methyl sites for hydroxylation is 1. The van der Waals surface area contributed by atoms with E-state index in [1.807, 2.05) is 0 Å². The maximum absolute atomic E-state index is 13.5. The average Bonchev–Trinajstić information content (AvgIpc) is 2.76. The lowest BCUT2D eigenvalue weighted by Gasteiger charge is -2.21. The maximum Gasteiger partial charge on any atom is 0.450 e. The van der Waals surface area contributed by atoms with Crippen LogP contribution in [0.3, 0.4) is 0 Å². The first-order valence-electron chi connectivity index (χ1n) is 8.61. The van der Waals surface area contributed by atoms with Crippen LogP contribution in [0.2, 0.25) is 0 Å². The molecule has 1 amide bonds. The molecule has 0 unspecified atom stereocenters. The van der Waals surface area contributed by atoms with Crippen LogP contribution < -0.4 is 5.32 Å². The maximum atomic E-state index is 13.5. The van der Waals surface area contributed by atoms with Gasteiger partial charge in [-0.05, 0) is 33.6 Å². The fourth-order valence-corrected chi connectivity index (χ4v) is 2.76. The van der Waals surface area contributed by atoms with Crippen molar-refractivity contribution in [1.82, 2.24) is 20.1 Å². The van der Waals surface area contributed by atoms with Crippen LogP contribution in [0.1, 0.15) is 51.7 Å². The third-order valence-corrected chi connectivity index (χ3v) is 3.79. The molecule has 0 atom stereocenters. The summed E-state index contributed by atoms with van der Waals surface area (Å²) in [7, 11) is 0. The van der Waals surface area contributed by atoms with Crippen molar-refractivity contribution in [1.29, 1.82) is 5.26 Å². The summed E-state index contributed by atoms with van der Waals surface area (Å²) < 4.78 is 46.9. The van der Waals surface area contributed by atoms with Gasteiger partial charge in [0.2, 0.25) is 5.76 Å². The Morgan fingerprint density at radius 2 is 1.96 bits per heavy atom. The molecule has 2 heterocycles. The number of alkyl halides is 3. The minimum absolute atomic E-state index is 0.182. The van der Waals surface area contributed by atoms with E-state index in [1.165, 1.54) is 10.6 Å². The third-order valence-electron chi connectivity index (χ3n) is 3.79. The molecular weight excluding hydrogens is 363 g/mol. The number of hydrogen-bond acceptors (Lipinski definition) is 5. The van der Waals surface area contributed by atoms with Gasteiger partial charge in [0.1, 0.15) is 17.5 Å². The summed E-state index contributed by atoms with van der Waals surface area (Å²) in [4.78, 5) is 11.8. The van der Waals surface area contributed by atoms with Gasteiger partial charge in [0.05, 0.1) is 0 Å². The summed E-state index contributed by atoms with van der Waals surface area (Å²) in [5.41, 5.74) is -1.39. The van der Waals surface area contributed by atoms with Crippen LogP contribution >= 0.6 is 0 Å². The van der Waals surface area contributed by atoms with E-state index in [1.54, 1.807) is 20.8 Å². The largest absolute Gasteiger partial charge is 0.478 e. The molecule has 0 fully saturated rings. The summed E-state index contributed by atoms with van der Waals surface area (Å²) >= 11 is 0. The molecule has 0 aromatic carbocycles. The van der Waals surface area contributed by atoms with Crippen LogP contribution in [0.25, 0.3) is 5.57 Å². The molecule has 1 N–H and O–H groups in total. The van der Waals surface area contributed by atoms with Crippen molar-refractivity contribution < 1.29 is 22.7 Å². The van der Waals surface area contributed by atoms with Crippen LogP contribution in [0.5, 0.6) is 0 Å². The summed E-state index contributed by atoms with van der Waals surface area (Å²) in [6.45, 7) is 4.64. The number of amides is 1. The molecule has 1 aromatic rings. The van der Waals surface area contributed by atoms with Gasteiger partial charge in [0.15, 0.2) is 12.4 Å². The van der Waals surface area contributed by atoms with Gasteiger partial charge in [0.25, 0.3) is 5.91 Å². The number of fused-ring (bicyclic) bond motifs is 1. The number of nitrogens with zero attached hydrogens (tertiary/aromatic N) is 4. The Hall–Kier alpha value is -2.57. The number of carbonyl (C=O) groups is 1. The molecule has 1 aliphatic heterocycles. The second-order valence-electron chi connectivity index (χ2n) is 7.30.